The van der Waals surface area contributed by atoms with Crippen molar-refractivity contribution >= 4 is 27.5 Å². The summed E-state index contributed by atoms with van der Waals surface area (Å²) >= 11 is 1.23. The van der Waals surface area contributed by atoms with Crippen LogP contribution in [0.5, 0.6) is 11.8 Å². The fourth-order valence-corrected chi connectivity index (χ4v) is 5.48. The minimum Gasteiger partial charge on any atom is -0.496 e. The molecule has 1 aliphatic heterocycles. The number of amides is 1. The normalized spacial score (nSPS) is 16.1. The zero-order valence-corrected chi connectivity index (χ0v) is 21.4. The smallest absolute Gasteiger partial charge is 0.301 e. The van der Waals surface area contributed by atoms with E-state index in [2.05, 4.69) is 20.5 Å². The van der Waals surface area contributed by atoms with Crippen molar-refractivity contribution in [2.24, 2.45) is 0 Å². The SMILES string of the molecule is COc1ccc(F)cc1[C@H](COc1nc2sc(-n3nccn3)c(C)c2c(=O)n1C1CNC(=O)C1)OCCO. The second-order valence-electron chi connectivity index (χ2n) is 8.54. The molecule has 4 aromatic rings. The molecular formula is C24H25FN6O6S. The Balaban J connectivity index is 1.57. The lowest BCUT2D eigenvalue weighted by Gasteiger charge is -2.22. The van der Waals surface area contributed by atoms with E-state index >= 15 is 0 Å². The van der Waals surface area contributed by atoms with Crippen molar-refractivity contribution in [3.63, 3.8) is 0 Å². The Morgan fingerprint density at radius 1 is 1.29 bits per heavy atom. The summed E-state index contributed by atoms with van der Waals surface area (Å²) in [6, 6.07) is 3.45. The molecule has 5 rings (SSSR count). The van der Waals surface area contributed by atoms with Gasteiger partial charge >= 0.3 is 6.01 Å². The third-order valence-electron chi connectivity index (χ3n) is 6.17. The number of ether oxygens (including phenoxy) is 3. The number of carbonyl (C=O) groups excluding carboxylic acids is 1. The van der Waals surface area contributed by atoms with Gasteiger partial charge in [0, 0.05) is 24.1 Å². The molecule has 4 heterocycles. The maximum absolute atomic E-state index is 14.1. The lowest BCUT2D eigenvalue weighted by Crippen LogP contribution is -2.30. The maximum atomic E-state index is 14.1. The molecule has 0 aliphatic carbocycles. The molecule has 3 aromatic heterocycles. The summed E-state index contributed by atoms with van der Waals surface area (Å²) in [5.74, 6) is -0.320. The Kier molecular flexibility index (Phi) is 7.35. The van der Waals surface area contributed by atoms with E-state index in [4.69, 9.17) is 14.2 Å². The zero-order valence-electron chi connectivity index (χ0n) is 20.6. The highest BCUT2D eigenvalue weighted by atomic mass is 32.1. The van der Waals surface area contributed by atoms with E-state index in [0.29, 0.717) is 32.1 Å². The van der Waals surface area contributed by atoms with Gasteiger partial charge in [-0.05, 0) is 25.1 Å². The van der Waals surface area contributed by atoms with Crippen LogP contribution in [-0.4, -0.2) is 69.0 Å². The highest BCUT2D eigenvalue weighted by molar-refractivity contribution is 7.21. The maximum Gasteiger partial charge on any atom is 0.301 e. The Labute approximate surface area is 219 Å². The Morgan fingerprint density at radius 3 is 2.76 bits per heavy atom. The molecule has 0 bridgehead atoms. The third-order valence-corrected chi connectivity index (χ3v) is 7.32. The number of aliphatic hydroxyl groups is 1. The lowest BCUT2D eigenvalue weighted by atomic mass is 10.1. The van der Waals surface area contributed by atoms with Crippen LogP contribution in [0.3, 0.4) is 0 Å². The quantitative estimate of drug-likeness (QED) is 0.305. The fraction of sp³-hybridized carbons (Fsp3) is 0.375. The van der Waals surface area contributed by atoms with Crippen molar-refractivity contribution in [3.05, 3.63) is 57.9 Å². The zero-order chi connectivity index (χ0) is 26.8. The van der Waals surface area contributed by atoms with Crippen LogP contribution in [0.1, 0.15) is 29.7 Å². The predicted molar refractivity (Wildman–Crippen MR) is 134 cm³/mol. The van der Waals surface area contributed by atoms with Gasteiger partial charge in [-0.1, -0.05) is 11.3 Å². The fourth-order valence-electron chi connectivity index (χ4n) is 4.40. The highest BCUT2D eigenvalue weighted by Gasteiger charge is 2.30. The molecule has 1 aliphatic rings. The first kappa shape index (κ1) is 25.8. The van der Waals surface area contributed by atoms with Crippen LogP contribution >= 0.6 is 11.3 Å². The van der Waals surface area contributed by atoms with E-state index in [1.807, 2.05) is 0 Å². The van der Waals surface area contributed by atoms with Crippen molar-refractivity contribution in [3.8, 4) is 16.8 Å². The van der Waals surface area contributed by atoms with Crippen LogP contribution in [-0.2, 0) is 9.53 Å². The number of aliphatic hydroxyl groups excluding tert-OH is 1. The van der Waals surface area contributed by atoms with Crippen molar-refractivity contribution in [2.75, 3.05) is 33.5 Å². The number of carbonyl (C=O) groups is 1. The highest BCUT2D eigenvalue weighted by Crippen LogP contribution is 2.34. The molecule has 2 atom stereocenters. The van der Waals surface area contributed by atoms with Crippen LogP contribution in [0, 0.1) is 12.7 Å². The number of aryl methyl sites for hydroxylation is 1. The summed E-state index contributed by atoms with van der Waals surface area (Å²) in [6.45, 7) is 1.54. The molecule has 1 aromatic carbocycles. The standard InChI is InChI=1S/C24H25FN6O6S/c1-13-20-21(38-23(13)31-27-5-6-28-31)29-24(30(22(20)34)15-10-19(33)26-11-15)37-12-18(36-8-7-32)16-9-14(25)3-4-17(16)35-2/h3-6,9,15,18,32H,7-8,10-12H2,1-2H3,(H,26,33)/t15?,18-/m0/s1. The molecular weight excluding hydrogens is 519 g/mol. The van der Waals surface area contributed by atoms with Crippen molar-refractivity contribution < 1.29 is 28.5 Å². The number of rotatable bonds is 10. The van der Waals surface area contributed by atoms with Gasteiger partial charge in [0.1, 0.15) is 34.1 Å². The van der Waals surface area contributed by atoms with Gasteiger partial charge in [0.2, 0.25) is 5.91 Å². The molecule has 200 valence electrons. The summed E-state index contributed by atoms with van der Waals surface area (Å²) in [5, 5.41) is 21.4. The van der Waals surface area contributed by atoms with E-state index in [1.54, 1.807) is 6.92 Å². The van der Waals surface area contributed by atoms with Gasteiger partial charge in [-0.3, -0.25) is 14.2 Å². The molecule has 1 fully saturated rings. The molecule has 1 saturated heterocycles. The lowest BCUT2D eigenvalue weighted by molar-refractivity contribution is -0.119. The van der Waals surface area contributed by atoms with E-state index in [0.717, 1.165) is 0 Å². The summed E-state index contributed by atoms with van der Waals surface area (Å²) < 4.78 is 32.7. The van der Waals surface area contributed by atoms with Crippen LogP contribution in [0.2, 0.25) is 0 Å². The van der Waals surface area contributed by atoms with Gasteiger partial charge in [-0.15, -0.1) is 4.80 Å². The number of benzene rings is 1. The number of hydrogen-bond acceptors (Lipinski definition) is 10. The monoisotopic (exact) mass is 544 g/mol. The average Bonchev–Trinajstić information content (AvgIpc) is 3.65. The van der Waals surface area contributed by atoms with E-state index < -0.39 is 18.0 Å². The molecule has 0 radical (unpaired) electrons. The van der Waals surface area contributed by atoms with Gasteiger partial charge in [0.05, 0.1) is 44.1 Å². The van der Waals surface area contributed by atoms with Crippen LogP contribution in [0.4, 0.5) is 4.39 Å². The van der Waals surface area contributed by atoms with E-state index in [9.17, 15) is 19.1 Å². The average molecular weight is 545 g/mol. The van der Waals surface area contributed by atoms with E-state index in [1.165, 1.54) is 58.4 Å². The van der Waals surface area contributed by atoms with E-state index in [-0.39, 0.29) is 50.3 Å². The summed E-state index contributed by atoms with van der Waals surface area (Å²) in [7, 11) is 1.45. The van der Waals surface area contributed by atoms with Crippen molar-refractivity contribution in [2.45, 2.75) is 25.5 Å². The molecule has 0 saturated carbocycles. The number of halogens is 1. The molecule has 1 unspecified atom stereocenters. The molecule has 2 N–H and O–H groups in total. The number of thiophene rings is 1. The number of hydrogen-bond donors (Lipinski definition) is 2. The van der Waals surface area contributed by atoms with Crippen LogP contribution in [0.15, 0.2) is 35.4 Å². The topological polar surface area (TPSA) is 143 Å². The van der Waals surface area contributed by atoms with Gasteiger partial charge in [-0.25, -0.2) is 4.39 Å². The number of nitrogens with zero attached hydrogens (tertiary/aromatic N) is 5. The number of methoxy groups -OCH3 is 1. The second-order valence-corrected chi connectivity index (χ2v) is 9.52. The largest absolute Gasteiger partial charge is 0.496 e. The minimum absolute atomic E-state index is 0.0156. The molecule has 1 amide bonds. The Bertz CT molecular complexity index is 1520. The van der Waals surface area contributed by atoms with Gasteiger partial charge < -0.3 is 24.6 Å². The Hall–Kier alpha value is -3.88. The second kappa shape index (κ2) is 10.8. The molecule has 12 nitrogen and oxygen atoms in total. The first-order valence-corrected chi connectivity index (χ1v) is 12.6. The number of aromatic nitrogens is 5. The molecule has 0 spiro atoms. The molecule has 38 heavy (non-hydrogen) atoms. The first-order chi connectivity index (χ1) is 18.4. The number of fused-ring (bicyclic) bond motifs is 1. The Morgan fingerprint density at radius 2 is 2.08 bits per heavy atom. The third kappa shape index (κ3) is 4.85. The van der Waals surface area contributed by atoms with Crippen molar-refractivity contribution in [1.82, 2.24) is 29.9 Å². The van der Waals surface area contributed by atoms with Gasteiger partial charge in [-0.2, -0.15) is 15.2 Å². The summed E-state index contributed by atoms with van der Waals surface area (Å²) in [4.78, 5) is 32.3. The summed E-state index contributed by atoms with van der Waals surface area (Å²) in [5.41, 5.74) is 0.660. The predicted octanol–water partition coefficient (Wildman–Crippen LogP) is 1.68. The number of nitrogens with one attached hydrogen (secondary N) is 1. The van der Waals surface area contributed by atoms with Gasteiger partial charge in [0.25, 0.3) is 5.56 Å². The van der Waals surface area contributed by atoms with Crippen LogP contribution < -0.4 is 20.3 Å². The minimum atomic E-state index is -0.855. The van der Waals surface area contributed by atoms with Gasteiger partial charge in [0.15, 0.2) is 0 Å². The molecule has 14 heteroatoms. The van der Waals surface area contributed by atoms with Crippen molar-refractivity contribution in [1.29, 1.82) is 0 Å². The van der Waals surface area contributed by atoms with Crippen LogP contribution in [0.25, 0.3) is 15.2 Å². The first-order valence-electron chi connectivity index (χ1n) is 11.8. The summed E-state index contributed by atoms with van der Waals surface area (Å²) in [6.07, 6.45) is 2.30.